The first-order valence-corrected chi connectivity index (χ1v) is 7.14. The van der Waals surface area contributed by atoms with Crippen LogP contribution in [0.3, 0.4) is 0 Å². The number of hydrogen-bond acceptors (Lipinski definition) is 5. The van der Waals surface area contributed by atoms with Crippen molar-refractivity contribution in [3.05, 3.63) is 57.9 Å². The number of nitro benzene ring substituents is 1. The van der Waals surface area contributed by atoms with E-state index in [-0.39, 0.29) is 21.4 Å². The van der Waals surface area contributed by atoms with E-state index in [9.17, 15) is 18.5 Å². The van der Waals surface area contributed by atoms with E-state index in [1.807, 2.05) is 0 Å². The quantitative estimate of drug-likeness (QED) is 0.530. The summed E-state index contributed by atoms with van der Waals surface area (Å²) in [4.78, 5) is 13.5. The van der Waals surface area contributed by atoms with Gasteiger partial charge >= 0.3 is 0 Å². The largest absolute Gasteiger partial charge is 0.279 e. The molecule has 2 aromatic rings. The highest BCUT2D eigenvalue weighted by molar-refractivity contribution is 7.92. The number of nitro groups is 1. The summed E-state index contributed by atoms with van der Waals surface area (Å²) < 4.78 is 26.4. The molecule has 0 aliphatic carbocycles. The van der Waals surface area contributed by atoms with Crippen molar-refractivity contribution in [2.45, 2.75) is 4.90 Å². The van der Waals surface area contributed by atoms with Gasteiger partial charge in [0.05, 0.1) is 10.6 Å². The van der Waals surface area contributed by atoms with Crippen LogP contribution in [0.2, 0.25) is 5.15 Å². The second kappa shape index (κ2) is 5.43. The van der Waals surface area contributed by atoms with E-state index in [0.717, 1.165) is 6.07 Å². The molecule has 1 aromatic heterocycles. The van der Waals surface area contributed by atoms with Crippen LogP contribution < -0.4 is 4.72 Å². The maximum absolute atomic E-state index is 12.1. The summed E-state index contributed by atoms with van der Waals surface area (Å²) in [5.41, 5.74) is -0.151. The van der Waals surface area contributed by atoms with E-state index in [1.165, 1.54) is 36.5 Å². The molecule has 104 valence electrons. The molecule has 1 N–H and O–H groups in total. The maximum Gasteiger partial charge on any atom is 0.271 e. The molecule has 20 heavy (non-hydrogen) atoms. The Balaban J connectivity index is 2.36. The molecule has 9 heteroatoms. The zero-order valence-corrected chi connectivity index (χ0v) is 11.4. The van der Waals surface area contributed by atoms with Crippen molar-refractivity contribution in [1.82, 2.24) is 4.98 Å². The third-order valence-electron chi connectivity index (χ3n) is 2.32. The lowest BCUT2D eigenvalue weighted by atomic mass is 10.3. The number of nitrogens with one attached hydrogen (secondary N) is 1. The third-order valence-corrected chi connectivity index (χ3v) is 4.15. The van der Waals surface area contributed by atoms with Crippen molar-refractivity contribution < 1.29 is 13.3 Å². The molecule has 0 amide bonds. The van der Waals surface area contributed by atoms with Gasteiger partial charge in [0.15, 0.2) is 0 Å². The molecule has 1 heterocycles. The van der Waals surface area contributed by atoms with Gasteiger partial charge in [-0.05, 0) is 18.2 Å². The van der Waals surface area contributed by atoms with Gasteiger partial charge in [-0.1, -0.05) is 17.7 Å². The molecule has 0 unspecified atom stereocenters. The molecular formula is C11H8ClN3O4S. The Morgan fingerprint density at radius 1 is 1.25 bits per heavy atom. The number of nitrogens with zero attached hydrogens (tertiary/aromatic N) is 2. The minimum atomic E-state index is -3.95. The summed E-state index contributed by atoms with van der Waals surface area (Å²) in [6.07, 6.45) is 1.36. The fourth-order valence-corrected chi connectivity index (χ4v) is 2.97. The van der Waals surface area contributed by atoms with Gasteiger partial charge in [0.1, 0.15) is 10.0 Å². The molecule has 0 spiro atoms. The number of non-ortho nitro benzene ring substituents is 1. The predicted molar refractivity (Wildman–Crippen MR) is 73.2 cm³/mol. The molecule has 0 aliphatic heterocycles. The van der Waals surface area contributed by atoms with Crippen molar-refractivity contribution in [2.24, 2.45) is 0 Å². The second-order valence-electron chi connectivity index (χ2n) is 3.71. The minimum absolute atomic E-state index is 0.0686. The average molecular weight is 314 g/mol. The molecule has 0 radical (unpaired) electrons. The van der Waals surface area contributed by atoms with Crippen molar-refractivity contribution in [2.75, 3.05) is 4.72 Å². The Bertz CT molecular complexity index is 764. The number of aromatic nitrogens is 1. The number of sulfonamides is 1. The topological polar surface area (TPSA) is 102 Å². The van der Waals surface area contributed by atoms with Crippen LogP contribution in [0.15, 0.2) is 47.5 Å². The van der Waals surface area contributed by atoms with Crippen LogP contribution in [0.5, 0.6) is 0 Å². The summed E-state index contributed by atoms with van der Waals surface area (Å²) in [5, 5.41) is 10.5. The zero-order valence-electron chi connectivity index (χ0n) is 9.86. The Kier molecular flexibility index (Phi) is 3.86. The molecule has 2 rings (SSSR count). The maximum atomic E-state index is 12.1. The molecule has 0 saturated carbocycles. The van der Waals surface area contributed by atoms with Crippen LogP contribution in [0.25, 0.3) is 0 Å². The summed E-state index contributed by atoms with van der Waals surface area (Å²) in [5.74, 6) is 0. The average Bonchev–Trinajstić information content (AvgIpc) is 2.38. The minimum Gasteiger partial charge on any atom is -0.279 e. The lowest BCUT2D eigenvalue weighted by Gasteiger charge is -2.08. The number of pyridine rings is 1. The molecule has 7 nitrogen and oxygen atoms in total. The summed E-state index contributed by atoms with van der Waals surface area (Å²) in [6.45, 7) is 0. The van der Waals surface area contributed by atoms with Gasteiger partial charge in [0.2, 0.25) is 0 Å². The van der Waals surface area contributed by atoms with Gasteiger partial charge in [-0.3, -0.25) is 14.8 Å². The monoisotopic (exact) mass is 313 g/mol. The fraction of sp³-hybridized carbons (Fsp3) is 0. The summed E-state index contributed by atoms with van der Waals surface area (Å²) >= 11 is 5.72. The van der Waals surface area contributed by atoms with E-state index < -0.39 is 14.9 Å². The first kappa shape index (κ1) is 14.2. The van der Waals surface area contributed by atoms with Gasteiger partial charge in [-0.2, -0.15) is 0 Å². The van der Waals surface area contributed by atoms with Crippen LogP contribution in [-0.2, 0) is 10.0 Å². The van der Waals surface area contributed by atoms with Crippen molar-refractivity contribution >= 4 is 33.0 Å². The van der Waals surface area contributed by atoms with E-state index in [0.29, 0.717) is 0 Å². The van der Waals surface area contributed by atoms with Crippen LogP contribution in [-0.4, -0.2) is 18.3 Å². The second-order valence-corrected chi connectivity index (χ2v) is 5.71. The van der Waals surface area contributed by atoms with Crippen LogP contribution in [0.4, 0.5) is 11.4 Å². The van der Waals surface area contributed by atoms with E-state index >= 15 is 0 Å². The van der Waals surface area contributed by atoms with Gasteiger partial charge < -0.3 is 0 Å². The highest BCUT2D eigenvalue weighted by Crippen LogP contribution is 2.23. The standard InChI is InChI=1S/C11H8ClN3O4S/c12-11-10(5-2-6-13-11)20(18,19)14-8-3-1-4-9(7-8)15(16)17/h1-7,14H. The fourth-order valence-electron chi connectivity index (χ4n) is 1.46. The number of anilines is 1. The molecule has 0 fully saturated rings. The van der Waals surface area contributed by atoms with Crippen molar-refractivity contribution in [3.63, 3.8) is 0 Å². The highest BCUT2D eigenvalue weighted by atomic mass is 35.5. The first-order valence-electron chi connectivity index (χ1n) is 5.28. The van der Waals surface area contributed by atoms with Crippen LogP contribution in [0, 0.1) is 10.1 Å². The smallest absolute Gasteiger partial charge is 0.271 e. The Labute approximate surface area is 119 Å². The van der Waals surface area contributed by atoms with Crippen LogP contribution >= 0.6 is 11.6 Å². The number of halogens is 1. The molecular weight excluding hydrogens is 306 g/mol. The van der Waals surface area contributed by atoms with Gasteiger partial charge in [-0.25, -0.2) is 13.4 Å². The first-order chi connectivity index (χ1) is 9.40. The van der Waals surface area contributed by atoms with E-state index in [2.05, 4.69) is 9.71 Å². The SMILES string of the molecule is O=[N+]([O-])c1cccc(NS(=O)(=O)c2cccnc2Cl)c1. The Morgan fingerprint density at radius 2 is 2.00 bits per heavy atom. The third kappa shape index (κ3) is 3.03. The van der Waals surface area contributed by atoms with Gasteiger partial charge in [0.25, 0.3) is 15.7 Å². The lowest BCUT2D eigenvalue weighted by molar-refractivity contribution is -0.384. The summed E-state index contributed by atoms with van der Waals surface area (Å²) in [7, 11) is -3.95. The van der Waals surface area contributed by atoms with Crippen molar-refractivity contribution in [1.29, 1.82) is 0 Å². The lowest BCUT2D eigenvalue weighted by Crippen LogP contribution is -2.13. The van der Waals surface area contributed by atoms with Crippen LogP contribution in [0.1, 0.15) is 0 Å². The summed E-state index contributed by atoms with van der Waals surface area (Å²) in [6, 6.07) is 7.86. The zero-order chi connectivity index (χ0) is 14.8. The Morgan fingerprint density at radius 3 is 2.65 bits per heavy atom. The predicted octanol–water partition coefficient (Wildman–Crippen LogP) is 2.44. The highest BCUT2D eigenvalue weighted by Gasteiger charge is 2.19. The van der Waals surface area contributed by atoms with Gasteiger partial charge in [0, 0.05) is 18.3 Å². The molecule has 0 atom stereocenters. The molecule has 0 saturated heterocycles. The molecule has 0 bridgehead atoms. The number of benzene rings is 1. The van der Waals surface area contributed by atoms with Gasteiger partial charge in [-0.15, -0.1) is 0 Å². The number of hydrogen-bond donors (Lipinski definition) is 1. The molecule has 0 aliphatic rings. The Hall–Kier alpha value is -2.19. The van der Waals surface area contributed by atoms with E-state index in [1.54, 1.807) is 0 Å². The van der Waals surface area contributed by atoms with Crippen molar-refractivity contribution in [3.8, 4) is 0 Å². The van der Waals surface area contributed by atoms with E-state index in [4.69, 9.17) is 11.6 Å². The molecule has 1 aromatic carbocycles. The number of rotatable bonds is 4. The normalized spacial score (nSPS) is 11.1.